The molecule has 2 aromatic heterocycles. The van der Waals surface area contributed by atoms with Gasteiger partial charge in [0.1, 0.15) is 23.5 Å². The summed E-state index contributed by atoms with van der Waals surface area (Å²) in [6, 6.07) is 10.1. The van der Waals surface area contributed by atoms with Gasteiger partial charge in [0.15, 0.2) is 0 Å². The first kappa shape index (κ1) is 13.4. The van der Waals surface area contributed by atoms with Gasteiger partial charge in [0, 0.05) is 18.5 Å². The summed E-state index contributed by atoms with van der Waals surface area (Å²) in [5.41, 5.74) is 2.91. The van der Waals surface area contributed by atoms with Crippen LogP contribution >= 0.6 is 0 Å². The standard InChI is InChI=1S/C14H17N7/c1-2-5-11(6-3-1)14-12(18-21-20-14)9-15-8-4-7-13-16-10-17-19-13/h1-3,5-6,10,15H,4,7-9H2,(H,16,17,19)(H,18,20,21). The fraction of sp³-hybridized carbons (Fsp3) is 0.286. The van der Waals surface area contributed by atoms with Crippen LogP contribution in [0.1, 0.15) is 17.9 Å². The SMILES string of the molecule is c1ccc(-c2n[nH]nc2CNCCCc2ncn[nH]2)cc1. The lowest BCUT2D eigenvalue weighted by molar-refractivity contribution is 0.631. The van der Waals surface area contributed by atoms with Crippen LogP contribution in [0.15, 0.2) is 36.7 Å². The Hall–Kier alpha value is -2.54. The number of aromatic nitrogens is 6. The van der Waals surface area contributed by atoms with Gasteiger partial charge in [-0.1, -0.05) is 30.3 Å². The first-order valence-corrected chi connectivity index (χ1v) is 6.93. The van der Waals surface area contributed by atoms with Crippen molar-refractivity contribution >= 4 is 0 Å². The molecule has 3 aromatic rings. The molecule has 0 saturated heterocycles. The summed E-state index contributed by atoms with van der Waals surface area (Å²) in [6.45, 7) is 1.58. The van der Waals surface area contributed by atoms with Gasteiger partial charge in [-0.3, -0.25) is 5.10 Å². The largest absolute Gasteiger partial charge is 0.311 e. The van der Waals surface area contributed by atoms with Gasteiger partial charge in [0.25, 0.3) is 0 Å². The lowest BCUT2D eigenvalue weighted by Gasteiger charge is -2.03. The number of nitrogens with one attached hydrogen (secondary N) is 3. The molecule has 0 spiro atoms. The number of hydrogen-bond acceptors (Lipinski definition) is 5. The zero-order valence-corrected chi connectivity index (χ0v) is 11.6. The molecule has 3 rings (SSSR count). The maximum absolute atomic E-state index is 4.23. The molecular formula is C14H17N7. The highest BCUT2D eigenvalue weighted by Crippen LogP contribution is 2.18. The zero-order chi connectivity index (χ0) is 14.3. The highest BCUT2D eigenvalue weighted by Gasteiger charge is 2.09. The Kier molecular flexibility index (Phi) is 4.33. The molecule has 0 saturated carbocycles. The van der Waals surface area contributed by atoms with E-state index in [-0.39, 0.29) is 0 Å². The van der Waals surface area contributed by atoms with E-state index in [0.29, 0.717) is 6.54 Å². The van der Waals surface area contributed by atoms with Gasteiger partial charge >= 0.3 is 0 Å². The van der Waals surface area contributed by atoms with Crippen LogP contribution in [0.5, 0.6) is 0 Å². The second kappa shape index (κ2) is 6.76. The molecule has 0 aliphatic rings. The van der Waals surface area contributed by atoms with Crippen LogP contribution in [-0.4, -0.2) is 37.1 Å². The van der Waals surface area contributed by atoms with Crippen LogP contribution in [-0.2, 0) is 13.0 Å². The van der Waals surface area contributed by atoms with E-state index < -0.39 is 0 Å². The highest BCUT2D eigenvalue weighted by atomic mass is 15.3. The molecular weight excluding hydrogens is 266 g/mol. The molecule has 0 aliphatic carbocycles. The van der Waals surface area contributed by atoms with Gasteiger partial charge in [-0.15, -0.1) is 0 Å². The van der Waals surface area contributed by atoms with Gasteiger partial charge in [-0.05, 0) is 13.0 Å². The topological polar surface area (TPSA) is 95.2 Å². The quantitative estimate of drug-likeness (QED) is 0.568. The number of aromatic amines is 2. The van der Waals surface area contributed by atoms with Crippen molar-refractivity contribution in [1.29, 1.82) is 0 Å². The summed E-state index contributed by atoms with van der Waals surface area (Å²) in [5.74, 6) is 0.920. The average Bonchev–Trinajstić information content (AvgIpc) is 3.19. The lowest BCUT2D eigenvalue weighted by Crippen LogP contribution is -2.16. The highest BCUT2D eigenvalue weighted by molar-refractivity contribution is 5.60. The van der Waals surface area contributed by atoms with Gasteiger partial charge < -0.3 is 5.32 Å². The minimum Gasteiger partial charge on any atom is -0.311 e. The number of aryl methyl sites for hydroxylation is 1. The van der Waals surface area contributed by atoms with Crippen molar-refractivity contribution in [3.63, 3.8) is 0 Å². The van der Waals surface area contributed by atoms with E-state index in [2.05, 4.69) is 35.9 Å². The van der Waals surface area contributed by atoms with Crippen molar-refractivity contribution in [3.05, 3.63) is 48.2 Å². The molecule has 0 aliphatic heterocycles. The summed E-state index contributed by atoms with van der Waals surface area (Å²) in [6.07, 6.45) is 3.41. The summed E-state index contributed by atoms with van der Waals surface area (Å²) >= 11 is 0. The zero-order valence-electron chi connectivity index (χ0n) is 11.6. The summed E-state index contributed by atoms with van der Waals surface area (Å²) in [4.78, 5) is 4.10. The monoisotopic (exact) mass is 283 g/mol. The molecule has 7 heteroatoms. The molecule has 0 unspecified atom stereocenters. The second-order valence-electron chi connectivity index (χ2n) is 4.70. The summed E-state index contributed by atoms with van der Waals surface area (Å²) < 4.78 is 0. The van der Waals surface area contributed by atoms with Crippen molar-refractivity contribution in [2.75, 3.05) is 6.54 Å². The average molecular weight is 283 g/mol. The Bertz CT molecular complexity index is 645. The van der Waals surface area contributed by atoms with Gasteiger partial charge in [-0.25, -0.2) is 4.98 Å². The van der Waals surface area contributed by atoms with Gasteiger partial charge in [0.2, 0.25) is 0 Å². The Balaban J connectivity index is 1.49. The summed E-state index contributed by atoms with van der Waals surface area (Å²) in [5, 5.41) is 21.2. The van der Waals surface area contributed by atoms with Gasteiger partial charge in [-0.2, -0.15) is 20.5 Å². The Morgan fingerprint density at radius 2 is 2.00 bits per heavy atom. The van der Waals surface area contributed by atoms with Crippen molar-refractivity contribution in [2.45, 2.75) is 19.4 Å². The van der Waals surface area contributed by atoms with E-state index in [1.165, 1.54) is 6.33 Å². The third-order valence-electron chi connectivity index (χ3n) is 3.19. The van der Waals surface area contributed by atoms with Crippen molar-refractivity contribution in [3.8, 4) is 11.3 Å². The molecule has 0 fully saturated rings. The Morgan fingerprint density at radius 3 is 2.81 bits per heavy atom. The van der Waals surface area contributed by atoms with Gasteiger partial charge in [0.05, 0.1) is 0 Å². The predicted octanol–water partition coefficient (Wildman–Crippen LogP) is 1.31. The van der Waals surface area contributed by atoms with Crippen LogP contribution in [0.25, 0.3) is 11.3 Å². The third-order valence-corrected chi connectivity index (χ3v) is 3.19. The van der Waals surface area contributed by atoms with Crippen molar-refractivity contribution in [2.24, 2.45) is 0 Å². The third kappa shape index (κ3) is 3.51. The van der Waals surface area contributed by atoms with Crippen LogP contribution < -0.4 is 5.32 Å². The maximum atomic E-state index is 4.23. The minimum absolute atomic E-state index is 0.692. The lowest BCUT2D eigenvalue weighted by atomic mass is 10.1. The molecule has 1 aromatic carbocycles. The molecule has 0 atom stereocenters. The molecule has 0 amide bonds. The van der Waals surface area contributed by atoms with E-state index in [4.69, 9.17) is 0 Å². The van der Waals surface area contributed by atoms with Crippen molar-refractivity contribution < 1.29 is 0 Å². The van der Waals surface area contributed by atoms with E-state index >= 15 is 0 Å². The number of hydrogen-bond donors (Lipinski definition) is 3. The molecule has 108 valence electrons. The molecule has 3 N–H and O–H groups in total. The maximum Gasteiger partial charge on any atom is 0.137 e. The predicted molar refractivity (Wildman–Crippen MR) is 78.2 cm³/mol. The van der Waals surface area contributed by atoms with Crippen LogP contribution in [0.3, 0.4) is 0 Å². The summed E-state index contributed by atoms with van der Waals surface area (Å²) in [7, 11) is 0. The van der Waals surface area contributed by atoms with E-state index in [1.807, 2.05) is 30.3 Å². The number of rotatable bonds is 7. The molecule has 7 nitrogen and oxygen atoms in total. The fourth-order valence-corrected chi connectivity index (χ4v) is 2.14. The molecule has 2 heterocycles. The van der Waals surface area contributed by atoms with E-state index in [9.17, 15) is 0 Å². The number of H-pyrrole nitrogens is 2. The fourth-order valence-electron chi connectivity index (χ4n) is 2.14. The normalized spacial score (nSPS) is 10.9. The van der Waals surface area contributed by atoms with Crippen LogP contribution in [0, 0.1) is 0 Å². The van der Waals surface area contributed by atoms with E-state index in [0.717, 1.165) is 42.2 Å². The minimum atomic E-state index is 0.692. The van der Waals surface area contributed by atoms with Crippen LogP contribution in [0.4, 0.5) is 0 Å². The first-order chi connectivity index (χ1) is 10.4. The Labute approximate surface area is 122 Å². The number of benzene rings is 1. The van der Waals surface area contributed by atoms with E-state index in [1.54, 1.807) is 0 Å². The smallest absolute Gasteiger partial charge is 0.137 e. The second-order valence-corrected chi connectivity index (χ2v) is 4.70. The van der Waals surface area contributed by atoms with Crippen molar-refractivity contribution in [1.82, 2.24) is 35.9 Å². The van der Waals surface area contributed by atoms with Crippen LogP contribution in [0.2, 0.25) is 0 Å². The Morgan fingerprint density at radius 1 is 1.10 bits per heavy atom. The molecule has 0 bridgehead atoms. The first-order valence-electron chi connectivity index (χ1n) is 6.93. The molecule has 0 radical (unpaired) electrons. The molecule has 21 heavy (non-hydrogen) atoms. The number of nitrogens with zero attached hydrogens (tertiary/aromatic N) is 4.